The smallest absolute Gasteiger partial charge is 0.162 e. The molecule has 3 nitrogen and oxygen atoms in total. The van der Waals surface area contributed by atoms with Gasteiger partial charge in [0.2, 0.25) is 0 Å². The third-order valence-electron chi connectivity index (χ3n) is 3.56. The molecule has 0 spiro atoms. The number of methoxy groups -OCH3 is 1. The Morgan fingerprint density at radius 3 is 2.20 bits per heavy atom. The normalized spacial score (nSPS) is 11.6. The fourth-order valence-corrected chi connectivity index (χ4v) is 2.51. The van der Waals surface area contributed by atoms with E-state index >= 15 is 0 Å². The summed E-state index contributed by atoms with van der Waals surface area (Å²) in [6, 6.07) is 11.5. The number of halogens is 1. The van der Waals surface area contributed by atoms with Crippen molar-refractivity contribution in [2.45, 2.75) is 6.42 Å². The summed E-state index contributed by atoms with van der Waals surface area (Å²) in [5, 5.41) is 0.845. The fourth-order valence-electron chi connectivity index (χ4n) is 2.31. The van der Waals surface area contributed by atoms with Gasteiger partial charge in [-0.2, -0.15) is 0 Å². The van der Waals surface area contributed by atoms with Gasteiger partial charge in [0.25, 0.3) is 0 Å². The average molecular weight is 397 g/mol. The maximum atomic E-state index is 5.66. The second-order valence-corrected chi connectivity index (χ2v) is 6.05. The van der Waals surface area contributed by atoms with E-state index in [1.165, 1.54) is 0 Å². The first kappa shape index (κ1) is 17.3. The Hall–Kier alpha value is -2.56. The summed E-state index contributed by atoms with van der Waals surface area (Å²) in [7, 11) is 1.65. The second-order valence-electron chi connectivity index (χ2n) is 5.26. The van der Waals surface area contributed by atoms with Crippen molar-refractivity contribution in [2.75, 3.05) is 25.7 Å². The molecule has 0 radical (unpaired) electrons. The van der Waals surface area contributed by atoms with Gasteiger partial charge in [-0.3, -0.25) is 0 Å². The highest BCUT2D eigenvalue weighted by Gasteiger charge is 2.14. The molecule has 0 bridgehead atoms. The Labute approximate surface area is 156 Å². The zero-order valence-electron chi connectivity index (χ0n) is 13.9. The summed E-state index contributed by atoms with van der Waals surface area (Å²) in [4.78, 5) is 0. The maximum absolute atomic E-state index is 5.66. The first-order valence-corrected chi connectivity index (χ1v) is 9.07. The largest absolute Gasteiger partial charge is 0.497 e. The van der Waals surface area contributed by atoms with Crippen molar-refractivity contribution in [2.24, 2.45) is 0 Å². The van der Waals surface area contributed by atoms with Crippen molar-refractivity contribution in [3.63, 3.8) is 0 Å². The van der Waals surface area contributed by atoms with Crippen LogP contribution in [0.4, 0.5) is 0 Å². The molecular formula is C21H17BrO3. The molecule has 0 amide bonds. The standard InChI is InChI=1S/C21H17BrO3/c1-23-19-9-6-16(7-10-19)5-8-18-15-21-20(24-12-13-25-21)14-17(18)4-2-3-11-22/h6-7,9-10,14-15H,3,11-13H2,1H3. The number of hydrogen-bond donors (Lipinski definition) is 0. The first-order valence-electron chi connectivity index (χ1n) is 7.94. The summed E-state index contributed by atoms with van der Waals surface area (Å²) in [5.41, 5.74) is 2.60. The molecule has 0 unspecified atom stereocenters. The molecule has 0 N–H and O–H groups in total. The van der Waals surface area contributed by atoms with Gasteiger partial charge in [0, 0.05) is 40.6 Å². The molecule has 2 aromatic carbocycles. The number of alkyl halides is 1. The Morgan fingerprint density at radius 2 is 1.60 bits per heavy atom. The van der Waals surface area contributed by atoms with Crippen molar-refractivity contribution in [3.05, 3.63) is 53.1 Å². The minimum Gasteiger partial charge on any atom is -0.497 e. The first-order chi connectivity index (χ1) is 12.3. The van der Waals surface area contributed by atoms with Gasteiger partial charge in [0.15, 0.2) is 11.5 Å². The van der Waals surface area contributed by atoms with Crippen LogP contribution in [0.2, 0.25) is 0 Å². The third kappa shape index (κ3) is 4.50. The fraction of sp³-hybridized carbons (Fsp3) is 0.238. The lowest BCUT2D eigenvalue weighted by Crippen LogP contribution is -2.15. The molecule has 0 aromatic heterocycles. The Morgan fingerprint density at radius 1 is 0.960 bits per heavy atom. The van der Waals surface area contributed by atoms with E-state index in [2.05, 4.69) is 39.6 Å². The van der Waals surface area contributed by atoms with Crippen molar-refractivity contribution < 1.29 is 14.2 Å². The number of benzene rings is 2. The third-order valence-corrected chi connectivity index (χ3v) is 3.95. The zero-order valence-corrected chi connectivity index (χ0v) is 15.5. The van der Waals surface area contributed by atoms with Crippen molar-refractivity contribution in [3.8, 4) is 40.9 Å². The second kappa shape index (κ2) is 8.51. The van der Waals surface area contributed by atoms with Crippen LogP contribution in [0.3, 0.4) is 0 Å². The monoisotopic (exact) mass is 396 g/mol. The van der Waals surface area contributed by atoms with Crippen LogP contribution in [0.5, 0.6) is 17.2 Å². The molecule has 0 aliphatic carbocycles. The van der Waals surface area contributed by atoms with Crippen molar-refractivity contribution in [1.82, 2.24) is 0 Å². The van der Waals surface area contributed by atoms with Crippen LogP contribution in [0.25, 0.3) is 0 Å². The average Bonchev–Trinajstić information content (AvgIpc) is 2.67. The van der Waals surface area contributed by atoms with Crippen LogP contribution in [0.1, 0.15) is 23.1 Å². The molecule has 25 heavy (non-hydrogen) atoms. The lowest BCUT2D eigenvalue weighted by atomic mass is 10.1. The molecule has 1 aliphatic heterocycles. The molecular weight excluding hydrogens is 380 g/mol. The van der Waals surface area contributed by atoms with Crippen LogP contribution >= 0.6 is 15.9 Å². The minimum absolute atomic E-state index is 0.549. The Kier molecular flexibility index (Phi) is 5.88. The van der Waals surface area contributed by atoms with E-state index in [1.807, 2.05) is 36.4 Å². The lowest BCUT2D eigenvalue weighted by molar-refractivity contribution is 0.171. The van der Waals surface area contributed by atoms with Crippen LogP contribution in [0, 0.1) is 23.7 Å². The van der Waals surface area contributed by atoms with Gasteiger partial charge in [0.05, 0.1) is 7.11 Å². The van der Waals surface area contributed by atoms with Crippen LogP contribution < -0.4 is 14.2 Å². The predicted octanol–water partition coefficient (Wildman–Crippen LogP) is 4.00. The molecule has 3 rings (SSSR count). The van der Waals surface area contributed by atoms with Gasteiger partial charge >= 0.3 is 0 Å². The zero-order chi connectivity index (χ0) is 17.5. The summed E-state index contributed by atoms with van der Waals surface area (Å²) in [6.45, 7) is 1.10. The summed E-state index contributed by atoms with van der Waals surface area (Å²) < 4.78 is 16.5. The van der Waals surface area contributed by atoms with Crippen LogP contribution in [0.15, 0.2) is 36.4 Å². The number of ether oxygens (including phenoxy) is 3. The minimum atomic E-state index is 0.549. The molecule has 0 fully saturated rings. The van der Waals surface area contributed by atoms with Crippen molar-refractivity contribution in [1.29, 1.82) is 0 Å². The molecule has 2 aromatic rings. The van der Waals surface area contributed by atoms with E-state index in [0.29, 0.717) is 13.2 Å². The summed E-state index contributed by atoms with van der Waals surface area (Å²) in [5.74, 6) is 14.9. The number of fused-ring (bicyclic) bond motifs is 1. The van der Waals surface area contributed by atoms with E-state index in [4.69, 9.17) is 14.2 Å². The summed E-state index contributed by atoms with van der Waals surface area (Å²) >= 11 is 3.39. The predicted molar refractivity (Wildman–Crippen MR) is 102 cm³/mol. The molecule has 1 heterocycles. The molecule has 0 atom stereocenters. The SMILES string of the molecule is COc1ccc(C#Cc2cc3c(cc2C#CCCBr)OCCO3)cc1. The van der Waals surface area contributed by atoms with E-state index in [1.54, 1.807) is 7.11 Å². The van der Waals surface area contributed by atoms with Gasteiger partial charge in [-0.25, -0.2) is 0 Å². The van der Waals surface area contributed by atoms with Gasteiger partial charge in [0.1, 0.15) is 19.0 Å². The van der Waals surface area contributed by atoms with E-state index in [0.717, 1.165) is 45.7 Å². The lowest BCUT2D eigenvalue weighted by Gasteiger charge is -2.19. The topological polar surface area (TPSA) is 27.7 Å². The number of hydrogen-bond acceptors (Lipinski definition) is 3. The van der Waals surface area contributed by atoms with Crippen LogP contribution in [-0.4, -0.2) is 25.7 Å². The molecule has 1 aliphatic rings. The Balaban J connectivity index is 1.95. The van der Waals surface area contributed by atoms with Gasteiger partial charge in [-0.1, -0.05) is 39.6 Å². The highest BCUT2D eigenvalue weighted by Crippen LogP contribution is 2.32. The van der Waals surface area contributed by atoms with E-state index in [-0.39, 0.29) is 0 Å². The Bertz CT molecular complexity index is 864. The number of rotatable bonds is 2. The molecule has 4 heteroatoms. The van der Waals surface area contributed by atoms with Gasteiger partial charge < -0.3 is 14.2 Å². The molecule has 0 saturated heterocycles. The summed E-state index contributed by atoms with van der Waals surface area (Å²) in [6.07, 6.45) is 0.778. The molecule has 126 valence electrons. The van der Waals surface area contributed by atoms with E-state index in [9.17, 15) is 0 Å². The van der Waals surface area contributed by atoms with E-state index < -0.39 is 0 Å². The van der Waals surface area contributed by atoms with Crippen LogP contribution in [-0.2, 0) is 0 Å². The highest BCUT2D eigenvalue weighted by atomic mass is 79.9. The van der Waals surface area contributed by atoms with Gasteiger partial charge in [-0.05, 0) is 24.3 Å². The highest BCUT2D eigenvalue weighted by molar-refractivity contribution is 9.09. The maximum Gasteiger partial charge on any atom is 0.162 e. The quantitative estimate of drug-likeness (QED) is 0.567. The van der Waals surface area contributed by atoms with Crippen molar-refractivity contribution >= 4 is 15.9 Å². The van der Waals surface area contributed by atoms with Gasteiger partial charge in [-0.15, -0.1) is 0 Å². The molecule has 0 saturated carbocycles.